The predicted molar refractivity (Wildman–Crippen MR) is 75.6 cm³/mol. The van der Waals surface area contributed by atoms with Crippen molar-refractivity contribution in [1.29, 1.82) is 0 Å². The van der Waals surface area contributed by atoms with Gasteiger partial charge in [0.1, 0.15) is 0 Å². The summed E-state index contributed by atoms with van der Waals surface area (Å²) in [7, 11) is 0. The number of hydrazine groups is 1. The zero-order valence-corrected chi connectivity index (χ0v) is 11.7. The fourth-order valence-electron chi connectivity index (χ4n) is 1.62. The van der Waals surface area contributed by atoms with Gasteiger partial charge in [0.15, 0.2) is 0 Å². The molecule has 0 aromatic carbocycles. The summed E-state index contributed by atoms with van der Waals surface area (Å²) in [5, 5.41) is 3.22. The summed E-state index contributed by atoms with van der Waals surface area (Å²) in [4.78, 5) is 8.35. The third-order valence-electron chi connectivity index (χ3n) is 2.48. The molecule has 0 aliphatic carbocycles. The van der Waals surface area contributed by atoms with Crippen LogP contribution in [-0.2, 0) is 11.3 Å². The van der Waals surface area contributed by atoms with Crippen LogP contribution in [-0.4, -0.2) is 41.3 Å². The molecule has 0 saturated heterocycles. The number of aromatic nitrogens is 2. The molecule has 19 heavy (non-hydrogen) atoms. The van der Waals surface area contributed by atoms with Gasteiger partial charge in [-0.3, -0.25) is 10.4 Å². The lowest BCUT2D eigenvalue weighted by Crippen LogP contribution is -2.46. The van der Waals surface area contributed by atoms with Crippen molar-refractivity contribution in [3.05, 3.63) is 18.7 Å². The van der Waals surface area contributed by atoms with E-state index < -0.39 is 0 Å². The van der Waals surface area contributed by atoms with Crippen LogP contribution in [0.25, 0.3) is 0 Å². The van der Waals surface area contributed by atoms with Gasteiger partial charge in [-0.2, -0.15) is 0 Å². The standard InChI is InChI=1S/C12H24N6O/c1-3-19-8-4-5-15-12(17-13)16-11(2)9-18-7-6-14-10-18/h6-7,10-11H,3-5,8-9,13H2,1-2H3,(H2,15,16,17). The van der Waals surface area contributed by atoms with Crippen molar-refractivity contribution in [2.24, 2.45) is 10.8 Å². The van der Waals surface area contributed by atoms with E-state index in [0.717, 1.165) is 26.2 Å². The molecule has 0 fully saturated rings. The van der Waals surface area contributed by atoms with Gasteiger partial charge in [0.25, 0.3) is 0 Å². The van der Waals surface area contributed by atoms with Crippen molar-refractivity contribution < 1.29 is 4.74 Å². The smallest absolute Gasteiger partial charge is 0.205 e. The molecule has 4 N–H and O–H groups in total. The highest BCUT2D eigenvalue weighted by molar-refractivity contribution is 5.79. The normalized spacial score (nSPS) is 13.3. The average molecular weight is 268 g/mol. The highest BCUT2D eigenvalue weighted by Crippen LogP contribution is 1.92. The van der Waals surface area contributed by atoms with Crippen molar-refractivity contribution in [2.45, 2.75) is 32.9 Å². The van der Waals surface area contributed by atoms with Crippen LogP contribution in [0, 0.1) is 0 Å². The van der Waals surface area contributed by atoms with Crippen LogP contribution in [0.3, 0.4) is 0 Å². The van der Waals surface area contributed by atoms with Crippen LogP contribution < -0.4 is 16.6 Å². The van der Waals surface area contributed by atoms with Crippen LogP contribution in [0.2, 0.25) is 0 Å². The summed E-state index contributed by atoms with van der Waals surface area (Å²) < 4.78 is 7.25. The fraction of sp³-hybridized carbons (Fsp3) is 0.667. The van der Waals surface area contributed by atoms with Crippen molar-refractivity contribution in [3.63, 3.8) is 0 Å². The predicted octanol–water partition coefficient (Wildman–Crippen LogP) is 0.107. The number of guanidine groups is 1. The number of hydrogen-bond donors (Lipinski definition) is 3. The Hall–Kier alpha value is -1.60. The first-order valence-corrected chi connectivity index (χ1v) is 6.57. The number of rotatable bonds is 8. The molecule has 1 unspecified atom stereocenters. The Morgan fingerprint density at radius 2 is 2.42 bits per heavy atom. The van der Waals surface area contributed by atoms with Gasteiger partial charge in [0.2, 0.25) is 5.96 Å². The minimum Gasteiger partial charge on any atom is -0.382 e. The second-order valence-electron chi connectivity index (χ2n) is 4.23. The van der Waals surface area contributed by atoms with E-state index in [1.165, 1.54) is 0 Å². The second-order valence-corrected chi connectivity index (χ2v) is 4.23. The Morgan fingerprint density at radius 3 is 3.05 bits per heavy atom. The number of nitrogens with two attached hydrogens (primary N) is 1. The van der Waals surface area contributed by atoms with Gasteiger partial charge in [0.05, 0.1) is 6.33 Å². The molecule has 0 saturated carbocycles. The number of hydrogen-bond acceptors (Lipinski definition) is 4. The van der Waals surface area contributed by atoms with Crippen LogP contribution in [0.4, 0.5) is 0 Å². The number of ether oxygens (including phenoxy) is 1. The highest BCUT2D eigenvalue weighted by atomic mass is 16.5. The van der Waals surface area contributed by atoms with Crippen molar-refractivity contribution in [1.82, 2.24) is 20.3 Å². The molecular formula is C12H24N6O. The molecule has 1 aromatic rings. The van der Waals surface area contributed by atoms with E-state index in [0.29, 0.717) is 12.5 Å². The molecule has 0 radical (unpaired) electrons. The maximum Gasteiger partial charge on any atom is 0.205 e. The number of nitrogens with one attached hydrogen (secondary N) is 2. The lowest BCUT2D eigenvalue weighted by Gasteiger charge is -2.16. The minimum absolute atomic E-state index is 0.205. The van der Waals surface area contributed by atoms with Gasteiger partial charge < -0.3 is 14.6 Å². The van der Waals surface area contributed by atoms with E-state index in [1.54, 1.807) is 12.5 Å². The highest BCUT2D eigenvalue weighted by Gasteiger charge is 2.04. The first-order valence-electron chi connectivity index (χ1n) is 6.57. The van der Waals surface area contributed by atoms with Crippen LogP contribution in [0.5, 0.6) is 0 Å². The lowest BCUT2D eigenvalue weighted by molar-refractivity contribution is 0.146. The lowest BCUT2D eigenvalue weighted by atomic mass is 10.3. The number of nitrogens with zero attached hydrogens (tertiary/aromatic N) is 3. The van der Waals surface area contributed by atoms with Crippen LogP contribution in [0.1, 0.15) is 20.3 Å². The quantitative estimate of drug-likeness (QED) is 0.205. The molecule has 0 aliphatic rings. The fourth-order valence-corrected chi connectivity index (χ4v) is 1.62. The maximum absolute atomic E-state index is 5.44. The molecule has 7 heteroatoms. The average Bonchev–Trinajstić information content (AvgIpc) is 2.89. The molecule has 0 aliphatic heterocycles. The van der Waals surface area contributed by atoms with Gasteiger partial charge >= 0.3 is 0 Å². The summed E-state index contributed by atoms with van der Waals surface area (Å²) >= 11 is 0. The third-order valence-corrected chi connectivity index (χ3v) is 2.48. The van der Waals surface area contributed by atoms with Crippen molar-refractivity contribution in [3.8, 4) is 0 Å². The number of aliphatic imine (C=N–C) groups is 1. The van der Waals surface area contributed by atoms with Gasteiger partial charge in [-0.15, -0.1) is 0 Å². The Bertz CT molecular complexity index is 351. The summed E-state index contributed by atoms with van der Waals surface area (Å²) in [6, 6.07) is 0.205. The molecule has 1 heterocycles. The molecule has 0 amide bonds. The molecule has 7 nitrogen and oxygen atoms in total. The summed E-state index contributed by atoms with van der Waals surface area (Å²) in [6.45, 7) is 7.00. The molecule has 0 spiro atoms. The zero-order chi connectivity index (χ0) is 13.9. The summed E-state index contributed by atoms with van der Waals surface area (Å²) in [5.74, 6) is 6.04. The third kappa shape index (κ3) is 6.78. The van der Waals surface area contributed by atoms with E-state index in [4.69, 9.17) is 10.6 Å². The Kier molecular flexibility index (Phi) is 7.60. The monoisotopic (exact) mass is 268 g/mol. The van der Waals surface area contributed by atoms with Crippen LogP contribution >= 0.6 is 0 Å². The molecule has 1 atom stereocenters. The minimum atomic E-state index is 0.205. The Balaban J connectivity index is 2.27. The molecular weight excluding hydrogens is 244 g/mol. The van der Waals surface area contributed by atoms with Crippen molar-refractivity contribution in [2.75, 3.05) is 19.8 Å². The molecule has 1 aromatic heterocycles. The van der Waals surface area contributed by atoms with E-state index in [9.17, 15) is 0 Å². The summed E-state index contributed by atoms with van der Waals surface area (Å²) in [6.07, 6.45) is 6.35. The van der Waals surface area contributed by atoms with Gasteiger partial charge in [0, 0.05) is 44.7 Å². The van der Waals surface area contributed by atoms with E-state index in [2.05, 4.69) is 27.6 Å². The van der Waals surface area contributed by atoms with Gasteiger partial charge in [-0.25, -0.2) is 10.8 Å². The van der Waals surface area contributed by atoms with E-state index >= 15 is 0 Å². The van der Waals surface area contributed by atoms with Crippen molar-refractivity contribution >= 4 is 5.96 Å². The maximum atomic E-state index is 5.44. The van der Waals surface area contributed by atoms with E-state index in [1.807, 2.05) is 17.7 Å². The largest absolute Gasteiger partial charge is 0.382 e. The molecule has 1 rings (SSSR count). The van der Waals surface area contributed by atoms with E-state index in [-0.39, 0.29) is 6.04 Å². The zero-order valence-electron chi connectivity index (χ0n) is 11.7. The van der Waals surface area contributed by atoms with Gasteiger partial charge in [-0.1, -0.05) is 0 Å². The summed E-state index contributed by atoms with van der Waals surface area (Å²) in [5.41, 5.74) is 2.58. The SMILES string of the molecule is CCOCCCN=C(NN)NC(C)Cn1ccnc1. The second kappa shape index (κ2) is 9.35. The molecule has 108 valence electrons. The Morgan fingerprint density at radius 1 is 1.58 bits per heavy atom. The molecule has 0 bridgehead atoms. The first kappa shape index (κ1) is 15.5. The van der Waals surface area contributed by atoms with Crippen LogP contribution in [0.15, 0.2) is 23.7 Å². The van der Waals surface area contributed by atoms with Gasteiger partial charge in [-0.05, 0) is 20.3 Å². The number of imidazole rings is 1. The first-order chi connectivity index (χ1) is 9.26. The topological polar surface area (TPSA) is 89.5 Å². The Labute approximate surface area is 114 Å².